The highest BCUT2D eigenvalue weighted by molar-refractivity contribution is 7.88. The molecular weight excluding hydrogens is 372 g/mol. The van der Waals surface area contributed by atoms with Crippen LogP contribution in [0, 0.1) is 0 Å². The summed E-state index contributed by atoms with van der Waals surface area (Å²) in [6.45, 7) is 0.529. The van der Waals surface area contributed by atoms with E-state index >= 15 is 0 Å². The van der Waals surface area contributed by atoms with E-state index in [1.807, 2.05) is 47.8 Å². The second-order valence-electron chi connectivity index (χ2n) is 5.90. The van der Waals surface area contributed by atoms with Gasteiger partial charge in [-0.1, -0.05) is 24.3 Å². The summed E-state index contributed by atoms with van der Waals surface area (Å²) in [6.07, 6.45) is 1.15. The average Bonchev–Trinajstić information content (AvgIpc) is 3.28. The summed E-state index contributed by atoms with van der Waals surface area (Å²) in [5.41, 5.74) is 3.74. The quantitative estimate of drug-likeness (QED) is 0.726. The van der Waals surface area contributed by atoms with E-state index in [4.69, 9.17) is 14.5 Å². The SMILES string of the molecule is CS(=O)(=O)NCc1ccc(-c2nc(-c3ccc4c(c3)OCO4)cs2)cc1. The van der Waals surface area contributed by atoms with E-state index in [0.717, 1.165) is 45.1 Å². The Morgan fingerprint density at radius 3 is 2.58 bits per heavy atom. The molecule has 1 aliphatic rings. The van der Waals surface area contributed by atoms with Crippen molar-refractivity contribution in [1.29, 1.82) is 0 Å². The van der Waals surface area contributed by atoms with E-state index in [0.29, 0.717) is 0 Å². The summed E-state index contributed by atoms with van der Waals surface area (Å²) < 4.78 is 35.6. The van der Waals surface area contributed by atoms with E-state index in [1.54, 1.807) is 11.3 Å². The highest BCUT2D eigenvalue weighted by atomic mass is 32.2. The maximum atomic E-state index is 11.2. The van der Waals surface area contributed by atoms with Gasteiger partial charge in [0, 0.05) is 23.1 Å². The molecule has 0 saturated heterocycles. The summed E-state index contributed by atoms with van der Waals surface area (Å²) in [6, 6.07) is 13.5. The van der Waals surface area contributed by atoms with E-state index in [-0.39, 0.29) is 13.3 Å². The predicted molar refractivity (Wildman–Crippen MR) is 101 cm³/mol. The molecule has 0 fully saturated rings. The number of hydrogen-bond donors (Lipinski definition) is 1. The number of hydrogen-bond acceptors (Lipinski definition) is 6. The molecule has 0 saturated carbocycles. The molecule has 0 aliphatic carbocycles. The fourth-order valence-corrected chi connectivity index (χ4v) is 3.84. The number of aromatic nitrogens is 1. The maximum absolute atomic E-state index is 11.2. The molecule has 0 atom stereocenters. The van der Waals surface area contributed by atoms with Gasteiger partial charge in [-0.3, -0.25) is 0 Å². The molecule has 0 unspecified atom stereocenters. The van der Waals surface area contributed by atoms with Crippen LogP contribution in [0.15, 0.2) is 47.8 Å². The minimum atomic E-state index is -3.20. The van der Waals surface area contributed by atoms with Gasteiger partial charge < -0.3 is 9.47 Å². The van der Waals surface area contributed by atoms with Crippen LogP contribution in [-0.4, -0.2) is 26.5 Å². The molecule has 0 amide bonds. The van der Waals surface area contributed by atoms with Crippen molar-refractivity contribution in [1.82, 2.24) is 9.71 Å². The minimum Gasteiger partial charge on any atom is -0.454 e. The Morgan fingerprint density at radius 2 is 1.81 bits per heavy atom. The van der Waals surface area contributed by atoms with Crippen LogP contribution in [-0.2, 0) is 16.6 Å². The van der Waals surface area contributed by atoms with Gasteiger partial charge in [0.05, 0.1) is 11.9 Å². The first-order valence-electron chi connectivity index (χ1n) is 7.87. The van der Waals surface area contributed by atoms with E-state index < -0.39 is 10.0 Å². The second-order valence-corrected chi connectivity index (χ2v) is 8.59. The van der Waals surface area contributed by atoms with Gasteiger partial charge in [-0.2, -0.15) is 0 Å². The summed E-state index contributed by atoms with van der Waals surface area (Å²) in [4.78, 5) is 4.70. The zero-order valence-corrected chi connectivity index (χ0v) is 15.6. The van der Waals surface area contributed by atoms with Crippen molar-refractivity contribution >= 4 is 21.4 Å². The van der Waals surface area contributed by atoms with Gasteiger partial charge in [-0.05, 0) is 23.8 Å². The normalized spacial score (nSPS) is 13.1. The second kappa shape index (κ2) is 6.71. The third-order valence-electron chi connectivity index (χ3n) is 3.91. The average molecular weight is 388 g/mol. The predicted octanol–water partition coefficient (Wildman–Crippen LogP) is 3.26. The van der Waals surface area contributed by atoms with Crippen molar-refractivity contribution in [2.24, 2.45) is 0 Å². The van der Waals surface area contributed by atoms with Gasteiger partial charge in [-0.25, -0.2) is 18.1 Å². The first-order chi connectivity index (χ1) is 12.5. The van der Waals surface area contributed by atoms with E-state index in [1.165, 1.54) is 0 Å². The standard InChI is InChI=1S/C18H16N2O4S2/c1-26(21,22)19-9-12-2-4-13(5-3-12)18-20-15(10-25-18)14-6-7-16-17(8-14)24-11-23-16/h2-8,10,19H,9,11H2,1H3. The fourth-order valence-electron chi connectivity index (χ4n) is 2.57. The molecule has 0 bridgehead atoms. The van der Waals surface area contributed by atoms with Crippen molar-refractivity contribution in [2.75, 3.05) is 13.0 Å². The Balaban J connectivity index is 1.52. The van der Waals surface area contributed by atoms with Gasteiger partial charge in [0.2, 0.25) is 16.8 Å². The van der Waals surface area contributed by atoms with Gasteiger partial charge in [0.1, 0.15) is 5.01 Å². The molecule has 2 aromatic carbocycles. The van der Waals surface area contributed by atoms with E-state index in [9.17, 15) is 8.42 Å². The van der Waals surface area contributed by atoms with Crippen LogP contribution in [0.2, 0.25) is 0 Å². The van der Waals surface area contributed by atoms with Crippen molar-refractivity contribution in [3.63, 3.8) is 0 Å². The van der Waals surface area contributed by atoms with Crippen LogP contribution in [0.4, 0.5) is 0 Å². The van der Waals surface area contributed by atoms with Crippen LogP contribution in [0.25, 0.3) is 21.8 Å². The van der Waals surface area contributed by atoms with Crippen molar-refractivity contribution in [2.45, 2.75) is 6.54 Å². The summed E-state index contributed by atoms with van der Waals surface area (Å²) in [5.74, 6) is 1.49. The number of thiazole rings is 1. The Kier molecular flexibility index (Phi) is 4.39. The topological polar surface area (TPSA) is 77.5 Å². The van der Waals surface area contributed by atoms with Crippen LogP contribution in [0.1, 0.15) is 5.56 Å². The number of fused-ring (bicyclic) bond motifs is 1. The number of nitrogens with one attached hydrogen (secondary N) is 1. The van der Waals surface area contributed by atoms with Crippen molar-refractivity contribution < 1.29 is 17.9 Å². The highest BCUT2D eigenvalue weighted by Crippen LogP contribution is 2.37. The first-order valence-corrected chi connectivity index (χ1v) is 10.6. The number of ether oxygens (including phenoxy) is 2. The monoisotopic (exact) mass is 388 g/mol. The molecule has 8 heteroatoms. The third-order valence-corrected chi connectivity index (χ3v) is 5.47. The molecule has 134 valence electrons. The lowest BCUT2D eigenvalue weighted by Gasteiger charge is -2.03. The molecule has 26 heavy (non-hydrogen) atoms. The molecule has 1 aliphatic heterocycles. The zero-order chi connectivity index (χ0) is 18.1. The van der Waals surface area contributed by atoms with Gasteiger partial charge in [0.15, 0.2) is 11.5 Å². The van der Waals surface area contributed by atoms with Crippen LogP contribution in [0.3, 0.4) is 0 Å². The Hall–Kier alpha value is -2.42. The molecule has 6 nitrogen and oxygen atoms in total. The first kappa shape index (κ1) is 17.0. The molecule has 0 spiro atoms. The molecule has 0 radical (unpaired) electrons. The number of benzene rings is 2. The van der Waals surface area contributed by atoms with Crippen molar-refractivity contribution in [3.05, 3.63) is 53.4 Å². The van der Waals surface area contributed by atoms with Gasteiger partial charge in [0.25, 0.3) is 0 Å². The van der Waals surface area contributed by atoms with E-state index in [2.05, 4.69) is 4.72 Å². The molecule has 4 rings (SSSR count). The van der Waals surface area contributed by atoms with Gasteiger partial charge in [-0.15, -0.1) is 11.3 Å². The summed E-state index contributed by atoms with van der Waals surface area (Å²) >= 11 is 1.56. The van der Waals surface area contributed by atoms with Crippen LogP contribution in [0.5, 0.6) is 11.5 Å². The largest absolute Gasteiger partial charge is 0.454 e. The third kappa shape index (κ3) is 3.72. The lowest BCUT2D eigenvalue weighted by molar-refractivity contribution is 0.174. The molecule has 1 N–H and O–H groups in total. The maximum Gasteiger partial charge on any atom is 0.231 e. The summed E-state index contributed by atoms with van der Waals surface area (Å²) in [7, 11) is -3.20. The number of rotatable bonds is 5. The fraction of sp³-hybridized carbons (Fsp3) is 0.167. The Labute approximate surface area is 155 Å². The lowest BCUT2D eigenvalue weighted by Crippen LogP contribution is -2.21. The van der Waals surface area contributed by atoms with Crippen molar-refractivity contribution in [3.8, 4) is 33.3 Å². The summed E-state index contributed by atoms with van der Waals surface area (Å²) in [5, 5.41) is 2.91. The lowest BCUT2D eigenvalue weighted by atomic mass is 10.1. The van der Waals surface area contributed by atoms with Crippen LogP contribution >= 0.6 is 11.3 Å². The molecule has 1 aromatic heterocycles. The Morgan fingerprint density at radius 1 is 1.08 bits per heavy atom. The number of sulfonamides is 1. The molecule has 2 heterocycles. The molecular formula is C18H16N2O4S2. The highest BCUT2D eigenvalue weighted by Gasteiger charge is 2.15. The number of nitrogens with zero attached hydrogens (tertiary/aromatic N) is 1. The zero-order valence-electron chi connectivity index (χ0n) is 13.9. The minimum absolute atomic E-state index is 0.252. The van der Waals surface area contributed by atoms with Gasteiger partial charge >= 0.3 is 0 Å². The van der Waals surface area contributed by atoms with Crippen LogP contribution < -0.4 is 14.2 Å². The smallest absolute Gasteiger partial charge is 0.231 e. The Bertz CT molecular complexity index is 1040. The molecule has 3 aromatic rings.